The van der Waals surface area contributed by atoms with Crippen LogP contribution in [0.4, 0.5) is 4.39 Å². The zero-order valence-corrected chi connectivity index (χ0v) is 15.2. The number of carbonyl (C=O) groups excluding carboxylic acids is 1. The van der Waals surface area contributed by atoms with Crippen molar-refractivity contribution in [2.75, 3.05) is 0 Å². The first-order valence-corrected chi connectivity index (χ1v) is 9.03. The molecular formula is C23H20FN3O. The first kappa shape index (κ1) is 17.9. The SMILES string of the molecule is N=C(N)c1cccc(C2CC2(C(N)=O)c2ccc(-c3ccccc3F)cc2)c1. The molecule has 0 spiro atoms. The van der Waals surface area contributed by atoms with Crippen molar-refractivity contribution < 1.29 is 9.18 Å². The minimum atomic E-state index is -0.789. The minimum Gasteiger partial charge on any atom is -0.384 e. The molecule has 4 nitrogen and oxygen atoms in total. The van der Waals surface area contributed by atoms with Crippen LogP contribution in [-0.2, 0) is 10.2 Å². The molecule has 5 heteroatoms. The number of halogens is 1. The van der Waals surface area contributed by atoms with Gasteiger partial charge in [-0.3, -0.25) is 10.2 Å². The molecule has 0 aliphatic heterocycles. The predicted molar refractivity (Wildman–Crippen MR) is 108 cm³/mol. The second-order valence-corrected chi connectivity index (χ2v) is 7.19. The van der Waals surface area contributed by atoms with E-state index in [1.807, 2.05) is 42.5 Å². The van der Waals surface area contributed by atoms with Crippen LogP contribution in [0.15, 0.2) is 72.8 Å². The third-order valence-electron chi connectivity index (χ3n) is 5.59. The van der Waals surface area contributed by atoms with Crippen molar-refractivity contribution in [1.29, 1.82) is 5.41 Å². The summed E-state index contributed by atoms with van der Waals surface area (Å²) in [5, 5.41) is 7.62. The maximum absolute atomic E-state index is 14.0. The summed E-state index contributed by atoms with van der Waals surface area (Å²) in [6.45, 7) is 0. The first-order valence-electron chi connectivity index (χ1n) is 9.03. The molecule has 1 aliphatic rings. The molecule has 1 aliphatic carbocycles. The maximum Gasteiger partial charge on any atom is 0.228 e. The van der Waals surface area contributed by atoms with Crippen molar-refractivity contribution in [3.8, 4) is 11.1 Å². The van der Waals surface area contributed by atoms with Crippen LogP contribution >= 0.6 is 0 Å². The quantitative estimate of drug-likeness (QED) is 0.470. The minimum absolute atomic E-state index is 0.0126. The number of rotatable bonds is 5. The highest BCUT2D eigenvalue weighted by Gasteiger charge is 2.60. The van der Waals surface area contributed by atoms with Gasteiger partial charge in [0.25, 0.3) is 0 Å². The summed E-state index contributed by atoms with van der Waals surface area (Å²) in [7, 11) is 0. The van der Waals surface area contributed by atoms with Crippen LogP contribution in [0.1, 0.15) is 29.0 Å². The number of nitrogens with one attached hydrogen (secondary N) is 1. The summed E-state index contributed by atoms with van der Waals surface area (Å²) < 4.78 is 14.0. The van der Waals surface area contributed by atoms with Crippen LogP contribution < -0.4 is 11.5 Å². The molecule has 1 amide bonds. The monoisotopic (exact) mass is 373 g/mol. The van der Waals surface area contributed by atoms with Crippen LogP contribution in [0.3, 0.4) is 0 Å². The Hall–Kier alpha value is -3.47. The Kier molecular flexibility index (Phi) is 4.23. The van der Waals surface area contributed by atoms with Crippen LogP contribution in [0.2, 0.25) is 0 Å². The van der Waals surface area contributed by atoms with Gasteiger partial charge in [0.2, 0.25) is 5.91 Å². The van der Waals surface area contributed by atoms with E-state index >= 15 is 0 Å². The third-order valence-corrected chi connectivity index (χ3v) is 5.59. The molecular weight excluding hydrogens is 353 g/mol. The van der Waals surface area contributed by atoms with Crippen molar-refractivity contribution in [3.05, 3.63) is 95.3 Å². The number of carbonyl (C=O) groups is 1. The van der Waals surface area contributed by atoms with E-state index in [1.165, 1.54) is 6.07 Å². The predicted octanol–water partition coefficient (Wildman–Crippen LogP) is 3.69. The standard InChI is InChI=1S/C23H20FN3O/c24-20-7-2-1-6-18(20)14-8-10-17(11-9-14)23(22(27)28)13-19(23)15-4-3-5-16(12-15)21(25)26/h1-12,19H,13H2,(H3,25,26)(H2,27,28). The van der Waals surface area contributed by atoms with Crippen LogP contribution in [0.25, 0.3) is 11.1 Å². The first-order chi connectivity index (χ1) is 13.4. The Morgan fingerprint density at radius 3 is 2.36 bits per heavy atom. The summed E-state index contributed by atoms with van der Waals surface area (Å²) in [5.74, 6) is -0.750. The summed E-state index contributed by atoms with van der Waals surface area (Å²) >= 11 is 0. The largest absolute Gasteiger partial charge is 0.384 e. The Morgan fingerprint density at radius 2 is 1.71 bits per heavy atom. The molecule has 0 radical (unpaired) electrons. The van der Waals surface area contributed by atoms with Crippen molar-refractivity contribution in [2.45, 2.75) is 17.8 Å². The number of nitrogen functional groups attached to an aromatic ring is 1. The lowest BCUT2D eigenvalue weighted by molar-refractivity contribution is -0.120. The van der Waals surface area contributed by atoms with E-state index in [4.69, 9.17) is 16.9 Å². The molecule has 0 saturated heterocycles. The molecule has 3 aromatic carbocycles. The molecule has 1 fully saturated rings. The number of hydrogen-bond donors (Lipinski definition) is 3. The Bertz CT molecular complexity index is 1080. The molecule has 4 rings (SSSR count). The fourth-order valence-corrected chi connectivity index (χ4v) is 3.96. The Balaban J connectivity index is 1.69. The number of nitrogens with two attached hydrogens (primary N) is 2. The van der Waals surface area contributed by atoms with Crippen molar-refractivity contribution in [2.24, 2.45) is 11.5 Å². The molecule has 1 saturated carbocycles. The third kappa shape index (κ3) is 2.85. The van der Waals surface area contributed by atoms with Gasteiger partial charge in [-0.2, -0.15) is 0 Å². The summed E-state index contributed by atoms with van der Waals surface area (Å²) in [6.07, 6.45) is 0.600. The molecule has 2 unspecified atom stereocenters. The van der Waals surface area contributed by atoms with Gasteiger partial charge in [-0.1, -0.05) is 60.7 Å². The second kappa shape index (κ2) is 6.60. The van der Waals surface area contributed by atoms with Crippen molar-refractivity contribution in [3.63, 3.8) is 0 Å². The fourth-order valence-electron chi connectivity index (χ4n) is 3.96. The topological polar surface area (TPSA) is 93.0 Å². The molecule has 5 N–H and O–H groups in total. The normalized spacial score (nSPS) is 20.5. The molecule has 28 heavy (non-hydrogen) atoms. The van der Waals surface area contributed by atoms with Crippen molar-refractivity contribution >= 4 is 11.7 Å². The molecule has 0 heterocycles. The van der Waals surface area contributed by atoms with Gasteiger partial charge in [-0.25, -0.2) is 4.39 Å². The van der Waals surface area contributed by atoms with Gasteiger partial charge >= 0.3 is 0 Å². The number of hydrogen-bond acceptors (Lipinski definition) is 2. The summed E-state index contributed by atoms with van der Waals surface area (Å²) in [6, 6.07) is 21.3. The number of benzene rings is 3. The van der Waals surface area contributed by atoms with Gasteiger partial charge in [0.05, 0.1) is 5.41 Å². The van der Waals surface area contributed by atoms with Crippen LogP contribution in [0, 0.1) is 11.2 Å². The zero-order valence-electron chi connectivity index (χ0n) is 15.2. The van der Waals surface area contributed by atoms with Gasteiger partial charge < -0.3 is 11.5 Å². The van der Waals surface area contributed by atoms with E-state index in [9.17, 15) is 9.18 Å². The lowest BCUT2D eigenvalue weighted by atomic mass is 9.88. The highest BCUT2D eigenvalue weighted by atomic mass is 19.1. The van der Waals surface area contributed by atoms with Crippen LogP contribution in [0.5, 0.6) is 0 Å². The van der Waals surface area contributed by atoms with Gasteiger partial charge in [0, 0.05) is 17.0 Å². The van der Waals surface area contributed by atoms with Crippen LogP contribution in [-0.4, -0.2) is 11.7 Å². The summed E-state index contributed by atoms with van der Waals surface area (Å²) in [4.78, 5) is 12.4. The Morgan fingerprint density at radius 1 is 1.00 bits per heavy atom. The maximum atomic E-state index is 14.0. The lowest BCUT2D eigenvalue weighted by Crippen LogP contribution is -2.30. The van der Waals surface area contributed by atoms with E-state index < -0.39 is 5.41 Å². The lowest BCUT2D eigenvalue weighted by Gasteiger charge is -2.16. The van der Waals surface area contributed by atoms with E-state index in [2.05, 4.69) is 0 Å². The van der Waals surface area contributed by atoms with Gasteiger partial charge in [-0.05, 0) is 35.2 Å². The highest BCUT2D eigenvalue weighted by molar-refractivity contribution is 5.96. The van der Waals surface area contributed by atoms with Crippen molar-refractivity contribution in [1.82, 2.24) is 0 Å². The number of amides is 1. The van der Waals surface area contributed by atoms with E-state index in [-0.39, 0.29) is 23.5 Å². The number of primary amides is 1. The van der Waals surface area contributed by atoms with E-state index in [0.717, 1.165) is 16.7 Å². The molecule has 0 aromatic heterocycles. The molecule has 0 bridgehead atoms. The molecule has 140 valence electrons. The fraction of sp³-hybridized carbons (Fsp3) is 0.130. The second-order valence-electron chi connectivity index (χ2n) is 7.19. The molecule has 2 atom stereocenters. The average Bonchev–Trinajstić information content (AvgIpc) is 3.46. The van der Waals surface area contributed by atoms with E-state index in [0.29, 0.717) is 17.5 Å². The van der Waals surface area contributed by atoms with Gasteiger partial charge in [-0.15, -0.1) is 0 Å². The van der Waals surface area contributed by atoms with E-state index in [1.54, 1.807) is 24.3 Å². The zero-order chi connectivity index (χ0) is 19.9. The van der Waals surface area contributed by atoms with Gasteiger partial charge in [0.15, 0.2) is 0 Å². The smallest absolute Gasteiger partial charge is 0.228 e. The summed E-state index contributed by atoms with van der Waals surface area (Å²) in [5.41, 5.74) is 14.2. The molecule has 3 aromatic rings. The Labute approximate surface area is 162 Å². The highest BCUT2D eigenvalue weighted by Crippen LogP contribution is 2.60. The number of amidine groups is 1. The van der Waals surface area contributed by atoms with Gasteiger partial charge in [0.1, 0.15) is 11.7 Å². The average molecular weight is 373 g/mol.